The average molecular weight is 472 g/mol. The zero-order chi connectivity index (χ0) is 24.5. The predicted octanol–water partition coefficient (Wildman–Crippen LogP) is 6.22. The highest BCUT2D eigenvalue weighted by Gasteiger charge is 2.27. The number of aromatic nitrogens is 3. The Morgan fingerprint density at radius 2 is 1.64 bits per heavy atom. The van der Waals surface area contributed by atoms with E-state index in [4.69, 9.17) is 9.97 Å². The van der Waals surface area contributed by atoms with E-state index in [0.717, 1.165) is 35.9 Å². The first kappa shape index (κ1) is 22.0. The molecule has 0 radical (unpaired) electrons. The van der Waals surface area contributed by atoms with Gasteiger partial charge in [0.2, 0.25) is 0 Å². The van der Waals surface area contributed by atoms with Crippen LogP contribution in [0.15, 0.2) is 78.9 Å². The maximum Gasteiger partial charge on any atom is 0.257 e. The first-order valence-electron chi connectivity index (χ1n) is 12.4. The molecule has 1 fully saturated rings. The van der Waals surface area contributed by atoms with Crippen LogP contribution >= 0.6 is 0 Å². The monoisotopic (exact) mass is 471 g/mol. The molecular formula is C30H25N5O. The zero-order valence-electron chi connectivity index (χ0n) is 19.8. The van der Waals surface area contributed by atoms with Crippen molar-refractivity contribution < 1.29 is 4.79 Å². The molecule has 0 unspecified atom stereocenters. The second-order valence-corrected chi connectivity index (χ2v) is 9.28. The second kappa shape index (κ2) is 9.27. The molecule has 3 aromatic carbocycles. The van der Waals surface area contributed by atoms with Crippen LogP contribution in [0.2, 0.25) is 0 Å². The van der Waals surface area contributed by atoms with Gasteiger partial charge in [0.05, 0.1) is 11.0 Å². The number of hydrogen-bond donors (Lipinski definition) is 1. The minimum Gasteiger partial charge on any atom is -0.309 e. The molecule has 1 aliphatic carbocycles. The van der Waals surface area contributed by atoms with Crippen molar-refractivity contribution in [3.63, 3.8) is 0 Å². The Balaban J connectivity index is 1.47. The Bertz CT molecular complexity index is 1630. The van der Waals surface area contributed by atoms with Gasteiger partial charge in [-0.25, -0.2) is 9.97 Å². The van der Waals surface area contributed by atoms with Gasteiger partial charge in [0.15, 0.2) is 5.65 Å². The SMILES string of the molecule is N#Cc1c(NC(=O)c2ccccc2C2CCC2)n(CCc2ccccc2)c2nc3ccccc3nc12. The standard InChI is InChI=1S/C30H25N5O/c31-19-24-27-29(33-26-16-7-6-15-25(26)32-27)35(18-17-20-9-2-1-3-10-20)28(24)34-30(36)23-14-5-4-13-22(23)21-11-8-12-21/h1-7,9-10,13-16,21H,8,11-12,17-18H2,(H,34,36). The highest BCUT2D eigenvalue weighted by molar-refractivity contribution is 6.07. The summed E-state index contributed by atoms with van der Waals surface area (Å²) in [6, 6.07) is 27.9. The van der Waals surface area contributed by atoms with Crippen LogP contribution < -0.4 is 5.32 Å². The molecule has 6 rings (SSSR count). The number of fused-ring (bicyclic) bond motifs is 2. The Morgan fingerprint density at radius 3 is 2.36 bits per heavy atom. The fourth-order valence-corrected chi connectivity index (χ4v) is 4.99. The highest BCUT2D eigenvalue weighted by atomic mass is 16.1. The van der Waals surface area contributed by atoms with E-state index in [2.05, 4.69) is 23.5 Å². The Hall–Kier alpha value is -4.50. The van der Waals surface area contributed by atoms with Crippen LogP contribution in [0.1, 0.15) is 52.2 Å². The molecule has 0 spiro atoms. The smallest absolute Gasteiger partial charge is 0.257 e. The summed E-state index contributed by atoms with van der Waals surface area (Å²) in [6.07, 6.45) is 4.13. The maximum absolute atomic E-state index is 13.6. The minimum absolute atomic E-state index is 0.206. The third-order valence-corrected chi connectivity index (χ3v) is 7.11. The molecule has 2 heterocycles. The summed E-state index contributed by atoms with van der Waals surface area (Å²) in [6.45, 7) is 0.551. The van der Waals surface area contributed by atoms with Crippen LogP contribution in [0.3, 0.4) is 0 Å². The van der Waals surface area contributed by atoms with Gasteiger partial charge in [0.25, 0.3) is 5.91 Å². The topological polar surface area (TPSA) is 83.6 Å². The van der Waals surface area contributed by atoms with E-state index < -0.39 is 0 Å². The normalized spacial score (nSPS) is 13.4. The number of benzene rings is 3. The van der Waals surface area contributed by atoms with Crippen molar-refractivity contribution in [3.8, 4) is 6.07 Å². The van der Waals surface area contributed by atoms with Gasteiger partial charge < -0.3 is 9.88 Å². The van der Waals surface area contributed by atoms with Crippen molar-refractivity contribution in [2.75, 3.05) is 5.32 Å². The molecule has 1 aliphatic rings. The summed E-state index contributed by atoms with van der Waals surface area (Å²) in [4.78, 5) is 23.3. The lowest BCUT2D eigenvalue weighted by atomic mass is 9.78. The number of nitrogens with zero attached hydrogens (tertiary/aromatic N) is 4. The van der Waals surface area contributed by atoms with Gasteiger partial charge in [-0.2, -0.15) is 5.26 Å². The van der Waals surface area contributed by atoms with Crippen LogP contribution in [0, 0.1) is 11.3 Å². The molecule has 36 heavy (non-hydrogen) atoms. The number of nitrogens with one attached hydrogen (secondary N) is 1. The van der Waals surface area contributed by atoms with Crippen LogP contribution in [-0.4, -0.2) is 20.4 Å². The number of hydrogen-bond acceptors (Lipinski definition) is 4. The lowest BCUT2D eigenvalue weighted by Gasteiger charge is -2.27. The van der Waals surface area contributed by atoms with Crippen molar-refractivity contribution in [2.45, 2.75) is 38.1 Å². The van der Waals surface area contributed by atoms with Crippen LogP contribution in [0.5, 0.6) is 0 Å². The summed E-state index contributed by atoms with van der Waals surface area (Å²) >= 11 is 0. The zero-order valence-corrected chi connectivity index (χ0v) is 19.8. The molecule has 6 nitrogen and oxygen atoms in total. The average Bonchev–Trinajstić information content (AvgIpc) is 3.16. The van der Waals surface area contributed by atoms with Crippen LogP contribution in [0.4, 0.5) is 5.82 Å². The van der Waals surface area contributed by atoms with Gasteiger partial charge in [-0.3, -0.25) is 4.79 Å². The summed E-state index contributed by atoms with van der Waals surface area (Å²) < 4.78 is 1.93. The number of para-hydroxylation sites is 2. The number of carbonyl (C=O) groups excluding carboxylic acids is 1. The lowest BCUT2D eigenvalue weighted by Crippen LogP contribution is -2.20. The van der Waals surface area contributed by atoms with E-state index in [-0.39, 0.29) is 5.91 Å². The Morgan fingerprint density at radius 1 is 0.944 bits per heavy atom. The quantitative estimate of drug-likeness (QED) is 0.319. The first-order valence-corrected chi connectivity index (χ1v) is 12.4. The third kappa shape index (κ3) is 3.89. The number of nitriles is 1. The molecule has 1 saturated carbocycles. The van der Waals surface area contributed by atoms with Crippen molar-refractivity contribution in [2.24, 2.45) is 0 Å². The minimum atomic E-state index is -0.206. The molecule has 0 aliphatic heterocycles. The van der Waals surface area contributed by atoms with Gasteiger partial charge in [0, 0.05) is 12.1 Å². The van der Waals surface area contributed by atoms with Crippen molar-refractivity contribution in [3.05, 3.63) is 101 Å². The summed E-state index contributed by atoms with van der Waals surface area (Å²) in [7, 11) is 0. The molecule has 5 aromatic rings. The fraction of sp³-hybridized carbons (Fsp3) is 0.200. The highest BCUT2D eigenvalue weighted by Crippen LogP contribution is 2.38. The van der Waals surface area contributed by atoms with Gasteiger partial charge in [-0.15, -0.1) is 0 Å². The summed E-state index contributed by atoms with van der Waals surface area (Å²) in [5.74, 6) is 0.662. The molecule has 1 amide bonds. The van der Waals surface area contributed by atoms with E-state index >= 15 is 0 Å². The Labute approximate surface area is 209 Å². The molecular weight excluding hydrogens is 446 g/mol. The fourth-order valence-electron chi connectivity index (χ4n) is 4.99. The van der Waals surface area contributed by atoms with Gasteiger partial charge in [-0.05, 0) is 54.5 Å². The number of anilines is 1. The third-order valence-electron chi connectivity index (χ3n) is 7.11. The van der Waals surface area contributed by atoms with Gasteiger partial charge >= 0.3 is 0 Å². The molecule has 0 bridgehead atoms. The second-order valence-electron chi connectivity index (χ2n) is 9.28. The van der Waals surface area contributed by atoms with Crippen molar-refractivity contribution in [1.29, 1.82) is 5.26 Å². The molecule has 2 aromatic heterocycles. The van der Waals surface area contributed by atoms with Crippen molar-refractivity contribution in [1.82, 2.24) is 14.5 Å². The largest absolute Gasteiger partial charge is 0.309 e. The van der Waals surface area contributed by atoms with E-state index in [9.17, 15) is 10.1 Å². The number of carbonyl (C=O) groups is 1. The first-order chi connectivity index (χ1) is 17.7. The van der Waals surface area contributed by atoms with Gasteiger partial charge in [-0.1, -0.05) is 67.1 Å². The van der Waals surface area contributed by atoms with E-state index in [1.807, 2.05) is 71.3 Å². The van der Waals surface area contributed by atoms with E-state index in [0.29, 0.717) is 40.6 Å². The van der Waals surface area contributed by atoms with Crippen molar-refractivity contribution >= 4 is 33.9 Å². The molecule has 1 N–H and O–H groups in total. The van der Waals surface area contributed by atoms with Crippen LogP contribution in [0.25, 0.3) is 22.2 Å². The summed E-state index contributed by atoms with van der Waals surface area (Å²) in [5, 5.41) is 13.3. The predicted molar refractivity (Wildman–Crippen MR) is 141 cm³/mol. The van der Waals surface area contributed by atoms with E-state index in [1.165, 1.54) is 12.0 Å². The maximum atomic E-state index is 13.6. The molecule has 0 atom stereocenters. The lowest BCUT2D eigenvalue weighted by molar-refractivity contribution is 0.102. The molecule has 176 valence electrons. The van der Waals surface area contributed by atoms with E-state index in [1.54, 1.807) is 0 Å². The summed E-state index contributed by atoms with van der Waals surface area (Å²) in [5.41, 5.74) is 5.82. The van der Waals surface area contributed by atoms with Crippen LogP contribution in [-0.2, 0) is 13.0 Å². The molecule has 0 saturated heterocycles. The number of amides is 1. The number of rotatable bonds is 6. The Kier molecular flexibility index (Phi) is 5.67. The number of aryl methyl sites for hydroxylation is 2. The van der Waals surface area contributed by atoms with Gasteiger partial charge in [0.1, 0.15) is 23.0 Å². The molecule has 6 heteroatoms.